The van der Waals surface area contributed by atoms with Crippen LogP contribution in [0.15, 0.2) is 30.3 Å². The van der Waals surface area contributed by atoms with Gasteiger partial charge in [-0.2, -0.15) is 5.10 Å². The number of aromatic nitrogens is 2. The Hall–Kier alpha value is -2.83. The fraction of sp³-hybridized carbons (Fsp3) is 0.607. The molecule has 0 spiro atoms. The molecule has 5 rings (SSSR count). The zero-order valence-corrected chi connectivity index (χ0v) is 21.1. The standard InChI is InChI=1S/C28H38N4O3/c1-28(27(34)29-21-10-6-5-7-11-21)19-31-25(26(33)32(28)22-12-8-3-4-9-13-22)18-24(30-31)20-14-16-23(35-2)17-15-20/h14-18,21-22H,3-13,19H2,1-2H3,(H,29,34)/t28-/m0/s1. The van der Waals surface area contributed by atoms with E-state index in [1.807, 2.05) is 42.2 Å². The Morgan fingerprint density at radius 2 is 1.63 bits per heavy atom. The Bertz CT molecular complexity index is 1050. The number of nitrogens with zero attached hydrogens (tertiary/aromatic N) is 3. The van der Waals surface area contributed by atoms with Crippen molar-refractivity contribution in [2.75, 3.05) is 7.11 Å². The number of amides is 2. The molecule has 1 aliphatic heterocycles. The molecule has 7 nitrogen and oxygen atoms in total. The summed E-state index contributed by atoms with van der Waals surface area (Å²) < 4.78 is 7.04. The average molecular weight is 479 g/mol. The number of rotatable bonds is 5. The third-order valence-electron chi connectivity index (χ3n) is 8.21. The fourth-order valence-electron chi connectivity index (χ4n) is 6.18. The highest BCUT2D eigenvalue weighted by Crippen LogP contribution is 2.36. The zero-order valence-electron chi connectivity index (χ0n) is 21.1. The van der Waals surface area contributed by atoms with E-state index in [2.05, 4.69) is 5.32 Å². The lowest BCUT2D eigenvalue weighted by atomic mass is 9.89. The van der Waals surface area contributed by atoms with Crippen LogP contribution in [0.5, 0.6) is 5.75 Å². The average Bonchev–Trinajstić information content (AvgIpc) is 3.12. The molecule has 7 heteroatoms. The van der Waals surface area contributed by atoms with E-state index in [1.165, 1.54) is 19.3 Å². The second kappa shape index (κ2) is 10.0. The minimum Gasteiger partial charge on any atom is -0.497 e. The summed E-state index contributed by atoms with van der Waals surface area (Å²) in [4.78, 5) is 29.9. The van der Waals surface area contributed by atoms with Crippen molar-refractivity contribution in [2.45, 2.75) is 102 Å². The number of carbonyl (C=O) groups is 2. The Kier molecular flexibility index (Phi) is 6.85. The minimum absolute atomic E-state index is 0.0332. The molecule has 2 heterocycles. The van der Waals surface area contributed by atoms with Crippen LogP contribution in [0.2, 0.25) is 0 Å². The number of nitrogens with one attached hydrogen (secondary N) is 1. The third kappa shape index (κ3) is 4.69. The number of hydrogen-bond donors (Lipinski definition) is 1. The van der Waals surface area contributed by atoms with Gasteiger partial charge in [0.25, 0.3) is 5.91 Å². The molecular formula is C28H38N4O3. The molecule has 3 aliphatic rings. The van der Waals surface area contributed by atoms with Crippen LogP contribution in [-0.4, -0.2) is 51.2 Å². The molecule has 2 saturated carbocycles. The van der Waals surface area contributed by atoms with Crippen molar-refractivity contribution in [2.24, 2.45) is 0 Å². The number of methoxy groups -OCH3 is 1. The van der Waals surface area contributed by atoms with E-state index >= 15 is 0 Å². The van der Waals surface area contributed by atoms with Gasteiger partial charge in [0.2, 0.25) is 5.91 Å². The molecule has 0 bridgehead atoms. The normalized spacial score (nSPS) is 24.1. The van der Waals surface area contributed by atoms with Gasteiger partial charge in [-0.15, -0.1) is 0 Å². The van der Waals surface area contributed by atoms with Gasteiger partial charge in [0.05, 0.1) is 19.3 Å². The third-order valence-corrected chi connectivity index (χ3v) is 8.21. The monoisotopic (exact) mass is 478 g/mol. The molecule has 1 aromatic heterocycles. The molecule has 0 radical (unpaired) electrons. The topological polar surface area (TPSA) is 76.5 Å². The van der Waals surface area contributed by atoms with Crippen LogP contribution in [-0.2, 0) is 11.3 Å². The zero-order chi connectivity index (χ0) is 24.4. The second-order valence-electron chi connectivity index (χ2n) is 10.7. The van der Waals surface area contributed by atoms with E-state index in [9.17, 15) is 9.59 Å². The number of ether oxygens (including phenoxy) is 1. The van der Waals surface area contributed by atoms with Crippen molar-refractivity contribution in [1.29, 1.82) is 0 Å². The summed E-state index contributed by atoms with van der Waals surface area (Å²) in [5.41, 5.74) is 1.28. The summed E-state index contributed by atoms with van der Waals surface area (Å²) in [5.74, 6) is 0.672. The molecule has 1 aromatic carbocycles. The molecule has 2 aromatic rings. The molecule has 0 unspecified atom stereocenters. The lowest BCUT2D eigenvalue weighted by molar-refractivity contribution is -0.135. The van der Waals surface area contributed by atoms with Crippen LogP contribution in [0.3, 0.4) is 0 Å². The molecular weight excluding hydrogens is 440 g/mol. The van der Waals surface area contributed by atoms with E-state index in [4.69, 9.17) is 9.84 Å². The van der Waals surface area contributed by atoms with Crippen LogP contribution in [0, 0.1) is 0 Å². The van der Waals surface area contributed by atoms with Gasteiger partial charge in [0.1, 0.15) is 17.0 Å². The highest BCUT2D eigenvalue weighted by Gasteiger charge is 2.51. The van der Waals surface area contributed by atoms with E-state index in [0.29, 0.717) is 12.2 Å². The van der Waals surface area contributed by atoms with E-state index in [0.717, 1.165) is 68.4 Å². The molecule has 2 fully saturated rings. The van der Waals surface area contributed by atoms with Gasteiger partial charge in [-0.05, 0) is 62.9 Å². The summed E-state index contributed by atoms with van der Waals surface area (Å²) >= 11 is 0. The van der Waals surface area contributed by atoms with Crippen LogP contribution >= 0.6 is 0 Å². The first-order valence-corrected chi connectivity index (χ1v) is 13.4. The maximum Gasteiger partial charge on any atom is 0.273 e. The number of carbonyl (C=O) groups excluding carboxylic acids is 2. The van der Waals surface area contributed by atoms with Gasteiger partial charge in [0.15, 0.2) is 0 Å². The van der Waals surface area contributed by atoms with Gasteiger partial charge >= 0.3 is 0 Å². The van der Waals surface area contributed by atoms with Crippen molar-refractivity contribution in [1.82, 2.24) is 20.0 Å². The summed E-state index contributed by atoms with van der Waals surface area (Å²) in [6, 6.07) is 9.87. The SMILES string of the molecule is COc1ccc(-c2cc3n(n2)C[C@@](C)(C(=O)NC2CCCCC2)N(C2CCCCCC2)C3=O)cc1. The summed E-state index contributed by atoms with van der Waals surface area (Å²) in [6.45, 7) is 2.32. The van der Waals surface area contributed by atoms with E-state index in [1.54, 1.807) is 11.8 Å². The fourth-order valence-corrected chi connectivity index (χ4v) is 6.18. The Balaban J connectivity index is 1.49. The largest absolute Gasteiger partial charge is 0.497 e. The summed E-state index contributed by atoms with van der Waals surface area (Å²) in [5, 5.41) is 8.13. The second-order valence-corrected chi connectivity index (χ2v) is 10.7. The van der Waals surface area contributed by atoms with Crippen molar-refractivity contribution in [3.05, 3.63) is 36.0 Å². The van der Waals surface area contributed by atoms with Crippen molar-refractivity contribution < 1.29 is 14.3 Å². The number of benzene rings is 1. The Morgan fingerprint density at radius 3 is 2.29 bits per heavy atom. The smallest absolute Gasteiger partial charge is 0.273 e. The van der Waals surface area contributed by atoms with Crippen molar-refractivity contribution in [3.8, 4) is 17.0 Å². The number of hydrogen-bond acceptors (Lipinski definition) is 4. The maximum absolute atomic E-state index is 14.1. The van der Waals surface area contributed by atoms with Gasteiger partial charge in [-0.25, -0.2) is 0 Å². The summed E-state index contributed by atoms with van der Waals surface area (Å²) in [6.07, 6.45) is 12.1. The molecule has 2 aliphatic carbocycles. The lowest BCUT2D eigenvalue weighted by Gasteiger charge is -2.47. The van der Waals surface area contributed by atoms with E-state index in [-0.39, 0.29) is 23.9 Å². The van der Waals surface area contributed by atoms with Gasteiger partial charge in [-0.3, -0.25) is 14.3 Å². The molecule has 35 heavy (non-hydrogen) atoms. The van der Waals surface area contributed by atoms with Crippen LogP contribution in [0.1, 0.15) is 88.0 Å². The lowest BCUT2D eigenvalue weighted by Crippen LogP contribution is -2.67. The Morgan fingerprint density at radius 1 is 1.00 bits per heavy atom. The number of fused-ring (bicyclic) bond motifs is 1. The van der Waals surface area contributed by atoms with Crippen LogP contribution in [0.4, 0.5) is 0 Å². The minimum atomic E-state index is -0.959. The molecule has 0 saturated heterocycles. The van der Waals surface area contributed by atoms with Gasteiger partial charge in [-0.1, -0.05) is 44.9 Å². The molecule has 1 atom stereocenters. The van der Waals surface area contributed by atoms with Crippen LogP contribution in [0.25, 0.3) is 11.3 Å². The predicted molar refractivity (Wildman–Crippen MR) is 135 cm³/mol. The molecule has 2 amide bonds. The quantitative estimate of drug-likeness (QED) is 0.617. The van der Waals surface area contributed by atoms with Gasteiger partial charge < -0.3 is 15.0 Å². The van der Waals surface area contributed by atoms with Crippen LogP contribution < -0.4 is 10.1 Å². The maximum atomic E-state index is 14.1. The first-order valence-electron chi connectivity index (χ1n) is 13.4. The van der Waals surface area contributed by atoms with Crippen molar-refractivity contribution in [3.63, 3.8) is 0 Å². The van der Waals surface area contributed by atoms with Gasteiger partial charge in [0, 0.05) is 17.6 Å². The Labute approximate surface area is 208 Å². The first-order chi connectivity index (χ1) is 17.0. The van der Waals surface area contributed by atoms with Crippen molar-refractivity contribution >= 4 is 11.8 Å². The highest BCUT2D eigenvalue weighted by atomic mass is 16.5. The first kappa shape index (κ1) is 23.9. The highest BCUT2D eigenvalue weighted by molar-refractivity contribution is 6.00. The summed E-state index contributed by atoms with van der Waals surface area (Å²) in [7, 11) is 1.64. The molecule has 188 valence electrons. The molecule has 1 N–H and O–H groups in total. The predicted octanol–water partition coefficient (Wildman–Crippen LogP) is 4.94. The van der Waals surface area contributed by atoms with E-state index < -0.39 is 5.54 Å².